The van der Waals surface area contributed by atoms with Gasteiger partial charge >= 0.3 is 0 Å². The minimum absolute atomic E-state index is 0.0540. The summed E-state index contributed by atoms with van der Waals surface area (Å²) in [6, 6.07) is 1.74. The number of anilines is 3. The monoisotopic (exact) mass is 519 g/mol. The molecule has 5 N–H and O–H groups in total. The zero-order valence-corrected chi connectivity index (χ0v) is 20.3. The molecule has 0 spiro atoms. The fraction of sp³-hybridized carbons (Fsp3) is 0.500. The number of halogens is 3. The van der Waals surface area contributed by atoms with Crippen molar-refractivity contribution in [1.82, 2.24) is 19.5 Å². The molecule has 3 aromatic rings. The van der Waals surface area contributed by atoms with E-state index in [1.54, 1.807) is 6.20 Å². The van der Waals surface area contributed by atoms with Crippen LogP contribution in [-0.2, 0) is 4.79 Å². The molecule has 0 radical (unpaired) electrons. The van der Waals surface area contributed by atoms with E-state index in [4.69, 9.17) is 22.3 Å². The van der Waals surface area contributed by atoms with Crippen molar-refractivity contribution in [3.8, 4) is 0 Å². The third-order valence-corrected chi connectivity index (χ3v) is 7.42. The van der Waals surface area contributed by atoms with Gasteiger partial charge in [0.05, 0.1) is 23.0 Å². The highest BCUT2D eigenvalue weighted by molar-refractivity contribution is 6.33. The van der Waals surface area contributed by atoms with Gasteiger partial charge < -0.3 is 21.5 Å². The molecule has 9 nitrogen and oxygen atoms in total. The van der Waals surface area contributed by atoms with Crippen LogP contribution in [0.4, 0.5) is 26.4 Å². The maximum atomic E-state index is 14.6. The van der Waals surface area contributed by atoms with E-state index in [0.29, 0.717) is 55.2 Å². The number of carbonyl (C=O) groups excluding carboxylic acids is 1. The number of rotatable bonds is 6. The van der Waals surface area contributed by atoms with Crippen LogP contribution in [0.5, 0.6) is 0 Å². The van der Waals surface area contributed by atoms with Gasteiger partial charge in [-0.15, -0.1) is 0 Å². The topological polar surface area (TPSA) is 131 Å². The van der Waals surface area contributed by atoms with Gasteiger partial charge in [-0.2, -0.15) is 4.98 Å². The Bertz CT molecular complexity index is 1260. The molecule has 0 saturated heterocycles. The van der Waals surface area contributed by atoms with Crippen LogP contribution in [0.15, 0.2) is 18.3 Å². The summed E-state index contributed by atoms with van der Waals surface area (Å²) in [5.41, 5.74) is 6.44. The average molecular weight is 520 g/mol. The van der Waals surface area contributed by atoms with Gasteiger partial charge in [0.15, 0.2) is 11.5 Å². The summed E-state index contributed by atoms with van der Waals surface area (Å²) in [6.07, 6.45) is 6.99. The highest BCUT2D eigenvalue weighted by Gasteiger charge is 2.30. The molecule has 12 heteroatoms. The van der Waals surface area contributed by atoms with E-state index in [2.05, 4.69) is 20.6 Å². The Morgan fingerprint density at radius 2 is 1.92 bits per heavy atom. The van der Waals surface area contributed by atoms with E-state index in [1.807, 2.05) is 4.57 Å². The Balaban J connectivity index is 1.51. The SMILES string of the molecule is NC(=O)[C@H]1CC[C@@H](n2c(Nc3c(F)cc(F)cc3Cl)nc3cnc(N[C@@H]4CCC[C@@H](O)C4)nc32)CC1. The number of aliphatic hydroxyl groups excluding tert-OH is 1. The van der Waals surface area contributed by atoms with Crippen LogP contribution in [0.25, 0.3) is 11.2 Å². The van der Waals surface area contributed by atoms with Gasteiger partial charge in [0.1, 0.15) is 11.3 Å². The van der Waals surface area contributed by atoms with Crippen LogP contribution in [0.1, 0.15) is 57.4 Å². The average Bonchev–Trinajstić information content (AvgIpc) is 3.18. The third kappa shape index (κ3) is 5.08. The molecule has 2 atom stereocenters. The summed E-state index contributed by atoms with van der Waals surface area (Å²) in [7, 11) is 0. The van der Waals surface area contributed by atoms with Crippen molar-refractivity contribution < 1.29 is 18.7 Å². The quantitative estimate of drug-likeness (QED) is 0.379. The van der Waals surface area contributed by atoms with E-state index in [1.165, 1.54) is 0 Å². The van der Waals surface area contributed by atoms with Crippen molar-refractivity contribution in [3.63, 3.8) is 0 Å². The Morgan fingerprint density at radius 3 is 2.61 bits per heavy atom. The largest absolute Gasteiger partial charge is 0.393 e. The summed E-state index contributed by atoms with van der Waals surface area (Å²) < 4.78 is 30.1. The summed E-state index contributed by atoms with van der Waals surface area (Å²) in [5, 5.41) is 16.1. The molecule has 2 saturated carbocycles. The molecule has 2 fully saturated rings. The summed E-state index contributed by atoms with van der Waals surface area (Å²) in [6.45, 7) is 0. The van der Waals surface area contributed by atoms with Crippen molar-refractivity contribution >= 4 is 46.3 Å². The van der Waals surface area contributed by atoms with Crippen LogP contribution in [0.3, 0.4) is 0 Å². The van der Waals surface area contributed by atoms with Crippen LogP contribution in [0, 0.1) is 17.6 Å². The molecule has 192 valence electrons. The minimum Gasteiger partial charge on any atom is -0.393 e. The summed E-state index contributed by atoms with van der Waals surface area (Å²) in [4.78, 5) is 25.4. The minimum atomic E-state index is -0.847. The van der Waals surface area contributed by atoms with Gasteiger partial charge in [0.25, 0.3) is 0 Å². The first-order chi connectivity index (χ1) is 17.3. The number of hydrogen-bond acceptors (Lipinski definition) is 7. The molecule has 2 aliphatic carbocycles. The lowest BCUT2D eigenvalue weighted by Crippen LogP contribution is -2.30. The van der Waals surface area contributed by atoms with Gasteiger partial charge in [0, 0.05) is 24.1 Å². The molecule has 2 aliphatic rings. The van der Waals surface area contributed by atoms with Crippen LogP contribution in [0.2, 0.25) is 5.02 Å². The maximum absolute atomic E-state index is 14.6. The number of benzene rings is 1. The smallest absolute Gasteiger partial charge is 0.224 e. The number of primary amides is 1. The number of carbonyl (C=O) groups is 1. The fourth-order valence-electron chi connectivity index (χ4n) is 5.26. The molecule has 1 aromatic carbocycles. The molecule has 5 rings (SSSR count). The van der Waals surface area contributed by atoms with Crippen LogP contribution in [-0.4, -0.2) is 42.7 Å². The number of fused-ring (bicyclic) bond motifs is 1. The first kappa shape index (κ1) is 24.6. The zero-order chi connectivity index (χ0) is 25.4. The molecule has 0 aliphatic heterocycles. The molecule has 2 heterocycles. The molecule has 0 bridgehead atoms. The lowest BCUT2D eigenvalue weighted by molar-refractivity contribution is -0.122. The molecular formula is C24H28ClF2N7O2. The van der Waals surface area contributed by atoms with Gasteiger partial charge in [0.2, 0.25) is 17.8 Å². The van der Waals surface area contributed by atoms with Crippen molar-refractivity contribution in [2.75, 3.05) is 10.6 Å². The zero-order valence-electron chi connectivity index (χ0n) is 19.6. The number of aliphatic hydroxyl groups is 1. The van der Waals surface area contributed by atoms with Gasteiger partial charge in [-0.3, -0.25) is 9.36 Å². The number of amides is 1. The Labute approximate surface area is 211 Å². The van der Waals surface area contributed by atoms with Gasteiger partial charge in [-0.1, -0.05) is 11.6 Å². The number of hydrogen-bond donors (Lipinski definition) is 4. The van der Waals surface area contributed by atoms with E-state index in [-0.39, 0.29) is 40.7 Å². The van der Waals surface area contributed by atoms with Gasteiger partial charge in [-0.25, -0.2) is 18.7 Å². The highest BCUT2D eigenvalue weighted by Crippen LogP contribution is 2.38. The van der Waals surface area contributed by atoms with Crippen LogP contribution >= 0.6 is 11.6 Å². The lowest BCUT2D eigenvalue weighted by atomic mass is 9.85. The first-order valence-electron chi connectivity index (χ1n) is 12.2. The number of nitrogens with one attached hydrogen (secondary N) is 2. The van der Waals surface area contributed by atoms with E-state index in [9.17, 15) is 18.7 Å². The maximum Gasteiger partial charge on any atom is 0.224 e. The molecule has 1 amide bonds. The number of nitrogens with zero attached hydrogens (tertiary/aromatic N) is 4. The van der Waals surface area contributed by atoms with E-state index >= 15 is 0 Å². The molecular weight excluding hydrogens is 492 g/mol. The first-order valence-corrected chi connectivity index (χ1v) is 12.6. The van der Waals surface area contributed by atoms with Crippen molar-refractivity contribution in [2.24, 2.45) is 11.7 Å². The van der Waals surface area contributed by atoms with Crippen LogP contribution < -0.4 is 16.4 Å². The Kier molecular flexibility index (Phi) is 6.94. The second-order valence-electron chi connectivity index (χ2n) is 9.65. The third-order valence-electron chi connectivity index (χ3n) is 7.12. The Morgan fingerprint density at radius 1 is 1.14 bits per heavy atom. The fourth-order valence-corrected chi connectivity index (χ4v) is 5.51. The van der Waals surface area contributed by atoms with E-state index in [0.717, 1.165) is 31.4 Å². The molecule has 0 unspecified atom stereocenters. The van der Waals surface area contributed by atoms with E-state index < -0.39 is 11.6 Å². The number of aromatic nitrogens is 4. The second kappa shape index (κ2) is 10.1. The second-order valence-corrected chi connectivity index (χ2v) is 10.1. The predicted octanol–water partition coefficient (Wildman–Crippen LogP) is 4.43. The molecule has 36 heavy (non-hydrogen) atoms. The summed E-state index contributed by atoms with van der Waals surface area (Å²) >= 11 is 6.13. The van der Waals surface area contributed by atoms with Crippen molar-refractivity contribution in [1.29, 1.82) is 0 Å². The lowest BCUT2D eigenvalue weighted by Gasteiger charge is -2.29. The normalized spacial score (nSPS) is 24.6. The summed E-state index contributed by atoms with van der Waals surface area (Å²) in [5.74, 6) is -1.44. The number of nitrogens with two attached hydrogens (primary N) is 1. The standard InChI is InChI=1S/C24H28ClF2N7O2/c25-17-8-13(26)9-18(27)20(17)32-24-31-19-11-29-23(30-14-2-1-3-16(35)10-14)33-22(19)34(24)15-6-4-12(5-7-15)21(28)36/h8-9,11-12,14-16,35H,1-7,10H2,(H2,28,36)(H,31,32)(H,29,30,33)/t12-,14-,15+,16-/m1/s1. The number of imidazole rings is 1. The molecule has 2 aromatic heterocycles. The van der Waals surface area contributed by atoms with Crippen molar-refractivity contribution in [3.05, 3.63) is 35.0 Å². The predicted molar refractivity (Wildman–Crippen MR) is 132 cm³/mol. The van der Waals surface area contributed by atoms with Gasteiger partial charge in [-0.05, 0) is 57.4 Å². The highest BCUT2D eigenvalue weighted by atomic mass is 35.5. The van der Waals surface area contributed by atoms with Crippen molar-refractivity contribution in [2.45, 2.75) is 69.6 Å². The Hall–Kier alpha value is -3.05.